The number of urea groups is 1. The van der Waals surface area contributed by atoms with Gasteiger partial charge >= 0.3 is 12.0 Å². The second-order valence-corrected chi connectivity index (χ2v) is 7.64. The Kier molecular flexibility index (Phi) is 7.46. The third-order valence-electron chi connectivity index (χ3n) is 4.96. The fourth-order valence-electron chi connectivity index (χ4n) is 3.25. The molecule has 0 saturated carbocycles. The van der Waals surface area contributed by atoms with Crippen LogP contribution in [0.15, 0.2) is 64.7 Å². The lowest BCUT2D eigenvalue weighted by molar-refractivity contribution is -0.139. The number of rotatable bonds is 8. The molecule has 0 fully saturated rings. The highest BCUT2D eigenvalue weighted by Crippen LogP contribution is 2.32. The average molecular weight is 443 g/mol. The molecule has 0 saturated heterocycles. The highest BCUT2D eigenvalue weighted by Gasteiger charge is 2.37. The highest BCUT2D eigenvalue weighted by molar-refractivity contribution is 7.98. The summed E-state index contributed by atoms with van der Waals surface area (Å²) in [5, 5.41) is 2.88. The van der Waals surface area contributed by atoms with E-state index in [9.17, 15) is 9.59 Å². The van der Waals surface area contributed by atoms with Crippen LogP contribution in [0, 0.1) is 0 Å². The molecule has 31 heavy (non-hydrogen) atoms. The van der Waals surface area contributed by atoms with E-state index in [1.165, 1.54) is 4.90 Å². The smallest absolute Gasteiger partial charge is 0.338 e. The van der Waals surface area contributed by atoms with Crippen molar-refractivity contribution >= 4 is 23.8 Å². The van der Waals surface area contributed by atoms with E-state index in [-0.39, 0.29) is 19.2 Å². The molecule has 1 atom stereocenters. The normalized spacial score (nSPS) is 16.1. The zero-order valence-corrected chi connectivity index (χ0v) is 18.8. The van der Waals surface area contributed by atoms with Gasteiger partial charge in [-0.15, -0.1) is 11.8 Å². The van der Waals surface area contributed by atoms with Gasteiger partial charge < -0.3 is 19.5 Å². The van der Waals surface area contributed by atoms with Crippen molar-refractivity contribution in [3.05, 3.63) is 65.4 Å². The van der Waals surface area contributed by atoms with Gasteiger partial charge in [-0.1, -0.05) is 12.1 Å². The molecule has 2 amide bonds. The van der Waals surface area contributed by atoms with Gasteiger partial charge in [0.25, 0.3) is 0 Å². The van der Waals surface area contributed by atoms with Crippen molar-refractivity contribution in [2.75, 3.05) is 33.6 Å². The number of nitrogens with zero attached hydrogens (tertiary/aromatic N) is 1. The van der Waals surface area contributed by atoms with Gasteiger partial charge in [0.2, 0.25) is 0 Å². The van der Waals surface area contributed by atoms with Crippen LogP contribution < -0.4 is 14.8 Å². The Morgan fingerprint density at radius 1 is 1.10 bits per heavy atom. The van der Waals surface area contributed by atoms with Crippen molar-refractivity contribution in [1.82, 2.24) is 10.2 Å². The molecule has 2 aromatic carbocycles. The Morgan fingerprint density at radius 3 is 2.32 bits per heavy atom. The highest BCUT2D eigenvalue weighted by atomic mass is 32.2. The maximum atomic E-state index is 12.9. The zero-order chi connectivity index (χ0) is 22.4. The monoisotopic (exact) mass is 442 g/mol. The SMILES string of the molecule is CCOC(=O)C1=C(COc2ccc(SC)cc2)N(C)C(=O)N[C@@H]1c1ccc(OC)cc1. The van der Waals surface area contributed by atoms with Gasteiger partial charge in [-0.05, 0) is 55.1 Å². The summed E-state index contributed by atoms with van der Waals surface area (Å²) in [4.78, 5) is 28.1. The number of ether oxygens (including phenoxy) is 3. The maximum Gasteiger partial charge on any atom is 0.338 e. The predicted octanol–water partition coefficient (Wildman–Crippen LogP) is 4.01. The lowest BCUT2D eigenvalue weighted by atomic mass is 9.94. The number of carbonyl (C=O) groups is 2. The van der Waals surface area contributed by atoms with Gasteiger partial charge in [0, 0.05) is 11.9 Å². The number of carbonyl (C=O) groups excluding carboxylic acids is 2. The predicted molar refractivity (Wildman–Crippen MR) is 119 cm³/mol. The van der Waals surface area contributed by atoms with Crippen molar-refractivity contribution < 1.29 is 23.8 Å². The van der Waals surface area contributed by atoms with Gasteiger partial charge in [0.1, 0.15) is 18.1 Å². The van der Waals surface area contributed by atoms with E-state index < -0.39 is 12.0 Å². The Labute approximate surface area is 186 Å². The summed E-state index contributed by atoms with van der Waals surface area (Å²) in [6, 6.07) is 13.8. The van der Waals surface area contributed by atoms with Crippen molar-refractivity contribution in [3.63, 3.8) is 0 Å². The molecule has 2 aromatic rings. The Hall–Kier alpha value is -3.13. The van der Waals surface area contributed by atoms with E-state index in [4.69, 9.17) is 14.2 Å². The number of nitrogens with one attached hydrogen (secondary N) is 1. The summed E-state index contributed by atoms with van der Waals surface area (Å²) in [6.07, 6.45) is 2.00. The van der Waals surface area contributed by atoms with E-state index in [1.54, 1.807) is 45.0 Å². The summed E-state index contributed by atoms with van der Waals surface area (Å²) in [7, 11) is 3.19. The molecule has 0 unspecified atom stereocenters. The summed E-state index contributed by atoms with van der Waals surface area (Å²) in [5.74, 6) is 0.835. The third-order valence-corrected chi connectivity index (χ3v) is 5.70. The Morgan fingerprint density at radius 2 is 1.74 bits per heavy atom. The number of hydrogen-bond donors (Lipinski definition) is 1. The fourth-order valence-corrected chi connectivity index (χ4v) is 3.66. The molecule has 1 aliphatic rings. The Bertz CT molecular complexity index is 957. The molecule has 0 radical (unpaired) electrons. The van der Waals surface area contributed by atoms with Crippen LogP contribution in [0.2, 0.25) is 0 Å². The van der Waals surface area contributed by atoms with Crippen LogP contribution in [0.3, 0.4) is 0 Å². The molecule has 0 bridgehead atoms. The molecule has 0 spiro atoms. The molecule has 1 aliphatic heterocycles. The number of thioether (sulfide) groups is 1. The minimum Gasteiger partial charge on any atom is -0.497 e. The topological polar surface area (TPSA) is 77.1 Å². The lowest BCUT2D eigenvalue weighted by Gasteiger charge is -2.34. The quantitative estimate of drug-likeness (QED) is 0.492. The lowest BCUT2D eigenvalue weighted by Crippen LogP contribution is -2.48. The van der Waals surface area contributed by atoms with Gasteiger partial charge in [0.15, 0.2) is 0 Å². The van der Waals surface area contributed by atoms with Crippen LogP contribution in [0.5, 0.6) is 11.5 Å². The van der Waals surface area contributed by atoms with Crippen LogP contribution >= 0.6 is 11.8 Å². The van der Waals surface area contributed by atoms with E-state index in [1.807, 2.05) is 42.7 Å². The third kappa shape index (κ3) is 5.14. The molecule has 0 aromatic heterocycles. The van der Waals surface area contributed by atoms with Crippen molar-refractivity contribution in [1.29, 1.82) is 0 Å². The number of likely N-dealkylation sites (N-methyl/N-ethyl adjacent to an activating group) is 1. The summed E-state index contributed by atoms with van der Waals surface area (Å²) in [5.41, 5.74) is 1.54. The van der Waals surface area contributed by atoms with E-state index in [2.05, 4.69) is 5.32 Å². The molecule has 7 nitrogen and oxygen atoms in total. The van der Waals surface area contributed by atoms with Crippen molar-refractivity contribution in [2.24, 2.45) is 0 Å². The van der Waals surface area contributed by atoms with Crippen LogP contribution in [0.1, 0.15) is 18.5 Å². The molecule has 0 aliphatic carbocycles. The second-order valence-electron chi connectivity index (χ2n) is 6.76. The van der Waals surface area contributed by atoms with Gasteiger partial charge in [0.05, 0.1) is 31.0 Å². The van der Waals surface area contributed by atoms with Gasteiger partial charge in [-0.3, -0.25) is 4.90 Å². The first kappa shape index (κ1) is 22.6. The maximum absolute atomic E-state index is 12.9. The molecule has 3 rings (SSSR count). The minimum absolute atomic E-state index is 0.0450. The van der Waals surface area contributed by atoms with E-state index in [0.29, 0.717) is 22.8 Å². The van der Waals surface area contributed by atoms with Gasteiger partial charge in [-0.2, -0.15) is 0 Å². The number of hydrogen-bond acceptors (Lipinski definition) is 6. The zero-order valence-electron chi connectivity index (χ0n) is 18.0. The number of benzene rings is 2. The first-order chi connectivity index (χ1) is 15.0. The Balaban J connectivity index is 1.98. The van der Waals surface area contributed by atoms with Crippen molar-refractivity contribution in [3.8, 4) is 11.5 Å². The van der Waals surface area contributed by atoms with Crippen LogP contribution in [-0.2, 0) is 9.53 Å². The molecular weight excluding hydrogens is 416 g/mol. The minimum atomic E-state index is -0.661. The van der Waals surface area contributed by atoms with E-state index >= 15 is 0 Å². The summed E-state index contributed by atoms with van der Waals surface area (Å²) in [6.45, 7) is 2.01. The van der Waals surface area contributed by atoms with Crippen LogP contribution in [-0.4, -0.2) is 50.5 Å². The summed E-state index contributed by atoms with van der Waals surface area (Å²) >= 11 is 1.64. The van der Waals surface area contributed by atoms with Crippen molar-refractivity contribution in [2.45, 2.75) is 17.9 Å². The van der Waals surface area contributed by atoms with Crippen LogP contribution in [0.25, 0.3) is 0 Å². The standard InChI is InChI=1S/C23H26N2O5S/c1-5-29-22(26)20-19(14-30-17-10-12-18(31-4)13-11-17)25(2)23(27)24-21(20)15-6-8-16(28-3)9-7-15/h6-13,21H,5,14H2,1-4H3,(H,24,27)/t21-/m1/s1. The molecule has 1 heterocycles. The number of methoxy groups -OCH3 is 1. The first-order valence-corrected chi connectivity index (χ1v) is 11.1. The van der Waals surface area contributed by atoms with E-state index in [0.717, 1.165) is 10.5 Å². The fraction of sp³-hybridized carbons (Fsp3) is 0.304. The van der Waals surface area contributed by atoms with Crippen LogP contribution in [0.4, 0.5) is 4.79 Å². The molecular formula is C23H26N2O5S. The first-order valence-electron chi connectivity index (χ1n) is 9.83. The second kappa shape index (κ2) is 10.3. The summed E-state index contributed by atoms with van der Waals surface area (Å²) < 4.78 is 16.5. The largest absolute Gasteiger partial charge is 0.497 e. The molecule has 1 N–H and O–H groups in total. The number of esters is 1. The van der Waals surface area contributed by atoms with Gasteiger partial charge in [-0.25, -0.2) is 9.59 Å². The molecule has 164 valence electrons. The average Bonchev–Trinajstić information content (AvgIpc) is 2.80. The number of amides is 2. The molecule has 8 heteroatoms.